The zero-order valence-corrected chi connectivity index (χ0v) is 71.2. The molecule has 0 saturated heterocycles. The Morgan fingerprint density at radius 1 is 0.226 bits per heavy atom. The van der Waals surface area contributed by atoms with Crippen molar-refractivity contribution in [1.82, 2.24) is 0 Å². The number of carbonyl (C=O) groups excluding carboxylic acids is 4. The molecule has 0 rings (SSSR count). The molecule has 0 bridgehead atoms. The molecular weight excluding hydrogens is 1380 g/mol. The van der Waals surface area contributed by atoms with Crippen LogP contribution in [0.15, 0.2) is 0 Å². The van der Waals surface area contributed by atoms with E-state index in [4.69, 9.17) is 37.0 Å². The summed E-state index contributed by atoms with van der Waals surface area (Å²) in [5.41, 5.74) is 0. The molecule has 106 heavy (non-hydrogen) atoms. The van der Waals surface area contributed by atoms with Gasteiger partial charge < -0.3 is 33.8 Å². The van der Waals surface area contributed by atoms with Crippen LogP contribution in [0.4, 0.5) is 0 Å². The number of rotatable bonds is 88. The molecule has 0 aliphatic heterocycles. The molecular formula is C87H170O17P2. The molecule has 2 unspecified atom stereocenters. The molecule has 0 radical (unpaired) electrons. The molecule has 0 heterocycles. The van der Waals surface area contributed by atoms with Crippen molar-refractivity contribution in [2.75, 3.05) is 39.6 Å². The van der Waals surface area contributed by atoms with Crippen LogP contribution in [0, 0.1) is 0 Å². The largest absolute Gasteiger partial charge is 0.472 e. The number of aliphatic hydroxyl groups is 1. The molecule has 0 aromatic rings. The molecule has 17 nitrogen and oxygen atoms in total. The van der Waals surface area contributed by atoms with Crippen molar-refractivity contribution in [2.24, 2.45) is 0 Å². The summed E-state index contributed by atoms with van der Waals surface area (Å²) in [7, 11) is -9.93. The maximum absolute atomic E-state index is 13.2. The molecule has 3 N–H and O–H groups in total. The number of hydrogen-bond acceptors (Lipinski definition) is 15. The van der Waals surface area contributed by atoms with Gasteiger partial charge in [-0.2, -0.15) is 0 Å². The first-order chi connectivity index (χ1) is 51.7. The zero-order valence-electron chi connectivity index (χ0n) is 69.4. The lowest BCUT2D eigenvalue weighted by atomic mass is 10.0. The van der Waals surface area contributed by atoms with Gasteiger partial charge in [-0.15, -0.1) is 0 Å². The van der Waals surface area contributed by atoms with E-state index in [-0.39, 0.29) is 25.7 Å². The Bertz CT molecular complexity index is 2000. The average molecular weight is 1550 g/mol. The van der Waals surface area contributed by atoms with E-state index in [9.17, 15) is 43.2 Å². The number of phosphoric acid groups is 2. The number of esters is 4. The third-order valence-electron chi connectivity index (χ3n) is 20.6. The Balaban J connectivity index is 5.23. The number of ether oxygens (including phenoxy) is 4. The van der Waals surface area contributed by atoms with Gasteiger partial charge in [-0.05, 0) is 25.7 Å². The molecule has 630 valence electrons. The van der Waals surface area contributed by atoms with Crippen LogP contribution in [0.2, 0.25) is 0 Å². The van der Waals surface area contributed by atoms with Gasteiger partial charge in [-0.1, -0.05) is 426 Å². The number of hydrogen-bond donors (Lipinski definition) is 3. The molecule has 0 aromatic heterocycles. The van der Waals surface area contributed by atoms with Crippen LogP contribution in [-0.4, -0.2) is 96.7 Å². The quantitative estimate of drug-likeness (QED) is 0.0222. The van der Waals surface area contributed by atoms with Crippen molar-refractivity contribution in [2.45, 2.75) is 495 Å². The van der Waals surface area contributed by atoms with E-state index in [1.54, 1.807) is 0 Å². The highest BCUT2D eigenvalue weighted by molar-refractivity contribution is 7.47. The van der Waals surface area contributed by atoms with E-state index in [0.29, 0.717) is 25.7 Å². The summed E-state index contributed by atoms with van der Waals surface area (Å²) in [5.74, 6) is -2.09. The van der Waals surface area contributed by atoms with E-state index in [1.165, 1.54) is 308 Å². The number of phosphoric ester groups is 2. The maximum Gasteiger partial charge on any atom is 0.472 e. The number of unbranched alkanes of at least 4 members (excludes halogenated alkanes) is 62. The normalized spacial score (nSPS) is 13.7. The SMILES string of the molecule is CCCCCCCCCCCCCCCCCCCCCCCCC(=O)O[C@H](COC(=O)CCCCCCCCCCCCCCCCCCC)COP(=O)(O)OC[C@@H](O)COP(=O)(O)OC[C@@H](COC(=O)CCCCCCCCCCCCCCC)OC(=O)CCCCCCCCCCCCCCCC. The molecule has 0 aliphatic carbocycles. The highest BCUT2D eigenvalue weighted by Crippen LogP contribution is 2.45. The van der Waals surface area contributed by atoms with Crippen molar-refractivity contribution >= 4 is 39.5 Å². The predicted octanol–water partition coefficient (Wildman–Crippen LogP) is 26.9. The standard InChI is InChI=1S/C87H170O17P2/c1-5-9-13-17-21-25-29-33-36-38-39-40-41-42-44-46-50-54-58-62-66-70-74-87(92)104-83(78-98-85(90)72-68-64-60-56-52-49-45-43-37-34-30-26-22-18-14-10-6-2)80-102-106(95,96)100-76-81(88)75-99-105(93,94)101-79-82(77-97-84(89)71-67-63-59-55-51-47-32-28-24-20-16-12-8-4)103-86(91)73-69-65-61-57-53-48-35-31-27-23-19-15-11-7-3/h81-83,88H,5-80H2,1-4H3,(H,93,94)(H,95,96)/t81-,82+,83+/m0/s1. The second kappa shape index (κ2) is 81.1. The van der Waals surface area contributed by atoms with Gasteiger partial charge in [0.15, 0.2) is 12.2 Å². The van der Waals surface area contributed by atoms with Gasteiger partial charge in [-0.3, -0.25) is 37.3 Å². The first-order valence-corrected chi connectivity index (χ1v) is 48.3. The van der Waals surface area contributed by atoms with Gasteiger partial charge >= 0.3 is 39.5 Å². The molecule has 19 heteroatoms. The highest BCUT2D eigenvalue weighted by atomic mass is 31.2. The van der Waals surface area contributed by atoms with Crippen LogP contribution in [0.1, 0.15) is 477 Å². The Kier molecular flexibility index (Phi) is 79.6. The van der Waals surface area contributed by atoms with Gasteiger partial charge in [0, 0.05) is 25.7 Å². The van der Waals surface area contributed by atoms with Crippen LogP contribution >= 0.6 is 15.6 Å². The third-order valence-corrected chi connectivity index (χ3v) is 22.5. The van der Waals surface area contributed by atoms with E-state index < -0.39 is 97.5 Å². The van der Waals surface area contributed by atoms with Crippen LogP contribution in [0.25, 0.3) is 0 Å². The molecule has 5 atom stereocenters. The molecule has 0 saturated carbocycles. The lowest BCUT2D eigenvalue weighted by Crippen LogP contribution is -2.30. The fourth-order valence-electron chi connectivity index (χ4n) is 13.7. The van der Waals surface area contributed by atoms with Crippen LogP contribution in [-0.2, 0) is 65.4 Å². The molecule has 0 spiro atoms. The zero-order chi connectivity index (χ0) is 77.4. The van der Waals surface area contributed by atoms with Gasteiger partial charge in [0.05, 0.1) is 26.4 Å². The van der Waals surface area contributed by atoms with Gasteiger partial charge in [-0.25, -0.2) is 9.13 Å². The smallest absolute Gasteiger partial charge is 0.462 e. The summed E-state index contributed by atoms with van der Waals surface area (Å²) < 4.78 is 69.0. The van der Waals surface area contributed by atoms with E-state index in [1.807, 2.05) is 0 Å². The minimum absolute atomic E-state index is 0.109. The van der Waals surface area contributed by atoms with Crippen molar-refractivity contribution in [3.8, 4) is 0 Å². The first kappa shape index (κ1) is 104. The predicted molar refractivity (Wildman–Crippen MR) is 437 cm³/mol. The lowest BCUT2D eigenvalue weighted by Gasteiger charge is -2.21. The summed E-state index contributed by atoms with van der Waals surface area (Å²) >= 11 is 0. The molecule has 0 aromatic carbocycles. The van der Waals surface area contributed by atoms with Crippen molar-refractivity contribution in [3.63, 3.8) is 0 Å². The van der Waals surface area contributed by atoms with Crippen LogP contribution < -0.4 is 0 Å². The third kappa shape index (κ3) is 80.1. The Morgan fingerprint density at radius 3 is 0.557 bits per heavy atom. The van der Waals surface area contributed by atoms with E-state index in [2.05, 4.69) is 27.7 Å². The highest BCUT2D eigenvalue weighted by Gasteiger charge is 2.30. The van der Waals surface area contributed by atoms with Crippen molar-refractivity contribution < 1.29 is 80.2 Å². The number of carbonyl (C=O) groups is 4. The first-order valence-electron chi connectivity index (χ1n) is 45.3. The fourth-order valence-corrected chi connectivity index (χ4v) is 15.3. The summed E-state index contributed by atoms with van der Waals surface area (Å²) in [6, 6.07) is 0. The van der Waals surface area contributed by atoms with Crippen LogP contribution in [0.5, 0.6) is 0 Å². The molecule has 0 fully saturated rings. The van der Waals surface area contributed by atoms with Crippen molar-refractivity contribution in [1.29, 1.82) is 0 Å². The summed E-state index contributed by atoms with van der Waals surface area (Å²) in [6.45, 7) is 5.07. The second-order valence-electron chi connectivity index (χ2n) is 31.3. The van der Waals surface area contributed by atoms with Crippen molar-refractivity contribution in [3.05, 3.63) is 0 Å². The minimum atomic E-state index is -4.97. The van der Waals surface area contributed by atoms with Gasteiger partial charge in [0.2, 0.25) is 0 Å². The number of aliphatic hydroxyl groups excluding tert-OH is 1. The fraction of sp³-hybridized carbons (Fsp3) is 0.954. The van der Waals surface area contributed by atoms with Crippen LogP contribution in [0.3, 0.4) is 0 Å². The Labute approximate surface area is 651 Å². The Hall–Kier alpha value is -1.94. The van der Waals surface area contributed by atoms with E-state index >= 15 is 0 Å². The lowest BCUT2D eigenvalue weighted by molar-refractivity contribution is -0.161. The summed E-state index contributed by atoms with van der Waals surface area (Å²) in [6.07, 6.45) is 76.3. The minimum Gasteiger partial charge on any atom is -0.462 e. The van der Waals surface area contributed by atoms with Gasteiger partial charge in [0.1, 0.15) is 19.3 Å². The summed E-state index contributed by atoms with van der Waals surface area (Å²) in [4.78, 5) is 73.3. The maximum atomic E-state index is 13.2. The topological polar surface area (TPSA) is 237 Å². The molecule has 0 amide bonds. The second-order valence-corrected chi connectivity index (χ2v) is 34.2. The monoisotopic (exact) mass is 1550 g/mol. The Morgan fingerprint density at radius 2 is 0.377 bits per heavy atom. The average Bonchev–Trinajstić information content (AvgIpc) is 0.901. The molecule has 0 aliphatic rings. The van der Waals surface area contributed by atoms with E-state index in [0.717, 1.165) is 89.9 Å². The van der Waals surface area contributed by atoms with Gasteiger partial charge in [0.25, 0.3) is 0 Å². The summed E-state index contributed by atoms with van der Waals surface area (Å²) in [5, 5.41) is 10.7.